The van der Waals surface area contributed by atoms with Gasteiger partial charge in [-0.3, -0.25) is 9.59 Å². The van der Waals surface area contributed by atoms with Crippen LogP contribution in [0.5, 0.6) is 0 Å². The number of hydrogen-bond acceptors (Lipinski definition) is 5. The minimum atomic E-state index is -1.49. The highest BCUT2D eigenvalue weighted by molar-refractivity contribution is 6.32. The van der Waals surface area contributed by atoms with Gasteiger partial charge in [-0.1, -0.05) is 61.8 Å². The molecule has 33 heavy (non-hydrogen) atoms. The molecule has 0 spiro atoms. The van der Waals surface area contributed by atoms with Crippen LogP contribution in [-0.4, -0.2) is 47.3 Å². The van der Waals surface area contributed by atoms with Crippen molar-refractivity contribution in [3.8, 4) is 11.1 Å². The summed E-state index contributed by atoms with van der Waals surface area (Å²) < 4.78 is 4.97. The second-order valence-corrected chi connectivity index (χ2v) is 9.24. The molecule has 7 nitrogen and oxygen atoms in total. The lowest BCUT2D eigenvalue weighted by atomic mass is 9.82. The van der Waals surface area contributed by atoms with E-state index in [0.29, 0.717) is 5.02 Å². The third-order valence-electron chi connectivity index (χ3n) is 5.22. The molecule has 0 saturated carbocycles. The van der Waals surface area contributed by atoms with Crippen LogP contribution in [0.15, 0.2) is 48.5 Å². The summed E-state index contributed by atoms with van der Waals surface area (Å²) in [5.74, 6) is -3.09. The largest absolute Gasteiger partial charge is 0.481 e. The number of hydrogen-bond donors (Lipinski definition) is 3. The van der Waals surface area contributed by atoms with E-state index in [-0.39, 0.29) is 25.4 Å². The number of halogens is 1. The van der Waals surface area contributed by atoms with Crippen LogP contribution in [-0.2, 0) is 25.5 Å². The second-order valence-electron chi connectivity index (χ2n) is 8.80. The van der Waals surface area contributed by atoms with Gasteiger partial charge in [-0.2, -0.15) is 0 Å². The van der Waals surface area contributed by atoms with Gasteiger partial charge < -0.3 is 20.3 Å². The molecule has 0 bridgehead atoms. The Morgan fingerprint density at radius 2 is 1.76 bits per heavy atom. The summed E-state index contributed by atoms with van der Waals surface area (Å²) in [6.45, 7) is 4.58. The molecule has 0 aromatic heterocycles. The van der Waals surface area contributed by atoms with Gasteiger partial charge in [-0.15, -0.1) is 0 Å². The molecular weight excluding hydrogens is 446 g/mol. The van der Waals surface area contributed by atoms with Crippen molar-refractivity contribution in [1.82, 2.24) is 5.32 Å². The Hall–Kier alpha value is -2.90. The molecule has 2 atom stereocenters. The Labute approximate surface area is 198 Å². The molecule has 2 aromatic carbocycles. The summed E-state index contributed by atoms with van der Waals surface area (Å²) >= 11 is 6.06. The zero-order chi connectivity index (χ0) is 24.6. The van der Waals surface area contributed by atoms with Crippen LogP contribution in [0.4, 0.5) is 0 Å². The fourth-order valence-electron chi connectivity index (χ4n) is 3.28. The Kier molecular flexibility index (Phi) is 9.44. The van der Waals surface area contributed by atoms with Crippen LogP contribution in [0, 0.1) is 11.3 Å². The first-order chi connectivity index (χ1) is 15.5. The first-order valence-corrected chi connectivity index (χ1v) is 11.1. The lowest BCUT2D eigenvalue weighted by molar-refractivity contribution is -0.156. The smallest absolute Gasteiger partial charge is 0.396 e. The first-order valence-electron chi connectivity index (χ1n) is 10.7. The molecule has 0 unspecified atom stereocenters. The molecule has 2 rings (SSSR count). The summed E-state index contributed by atoms with van der Waals surface area (Å²) in [7, 11) is 0. The minimum absolute atomic E-state index is 0.0697. The fraction of sp³-hybridized carbons (Fsp3) is 0.400. The van der Waals surface area contributed by atoms with E-state index in [0.717, 1.165) is 16.7 Å². The van der Waals surface area contributed by atoms with Crippen molar-refractivity contribution in [3.05, 3.63) is 59.1 Å². The summed E-state index contributed by atoms with van der Waals surface area (Å²) in [4.78, 5) is 36.1. The number of carbonyl (C=O) groups is 3. The van der Waals surface area contributed by atoms with Gasteiger partial charge in [0.25, 0.3) is 0 Å². The number of esters is 1. The van der Waals surface area contributed by atoms with Gasteiger partial charge in [0, 0.05) is 11.1 Å². The average Bonchev–Trinajstić information content (AvgIpc) is 2.77. The lowest BCUT2D eigenvalue weighted by Crippen LogP contribution is -2.46. The fourth-order valence-corrected chi connectivity index (χ4v) is 3.47. The number of nitrogens with one attached hydrogen (secondary N) is 1. The van der Waals surface area contributed by atoms with E-state index < -0.39 is 35.9 Å². The summed E-state index contributed by atoms with van der Waals surface area (Å²) in [5.41, 5.74) is 1.24. The third-order valence-corrected chi connectivity index (χ3v) is 5.46. The Bertz CT molecular complexity index is 975. The van der Waals surface area contributed by atoms with Crippen LogP contribution < -0.4 is 5.32 Å². The lowest BCUT2D eigenvalue weighted by Gasteiger charge is -2.28. The van der Waals surface area contributed by atoms with Gasteiger partial charge in [0.2, 0.25) is 0 Å². The molecule has 0 aliphatic heterocycles. The van der Waals surface area contributed by atoms with Crippen LogP contribution in [0.3, 0.4) is 0 Å². The van der Waals surface area contributed by atoms with Gasteiger partial charge in [-0.25, -0.2) is 4.79 Å². The number of aliphatic carboxylic acids is 1. The highest BCUT2D eigenvalue weighted by Crippen LogP contribution is 2.26. The molecule has 1 amide bonds. The van der Waals surface area contributed by atoms with Crippen LogP contribution >= 0.6 is 11.6 Å². The van der Waals surface area contributed by atoms with Crippen molar-refractivity contribution in [1.29, 1.82) is 0 Å². The monoisotopic (exact) mass is 475 g/mol. The number of aliphatic hydroxyl groups excluding tert-OH is 1. The predicted molar refractivity (Wildman–Crippen MR) is 126 cm³/mol. The first kappa shape index (κ1) is 26.4. The summed E-state index contributed by atoms with van der Waals surface area (Å²) in [6.07, 6.45) is 0.194. The molecule has 8 heteroatoms. The normalized spacial score (nSPS) is 13.8. The maximum atomic E-state index is 12.4. The SMILES string of the molecule is CC(C)COC(=O)C(=O)N[C@H](Cc1ccc(-c2cccc(Cl)c2)cc1)C[C@@](C)(CO)C(=O)O. The van der Waals surface area contributed by atoms with Gasteiger partial charge >= 0.3 is 17.8 Å². The van der Waals surface area contributed by atoms with E-state index in [2.05, 4.69) is 5.32 Å². The van der Waals surface area contributed by atoms with Gasteiger partial charge in [-0.05, 0) is 54.5 Å². The zero-order valence-corrected chi connectivity index (χ0v) is 19.8. The maximum absolute atomic E-state index is 12.4. The van der Waals surface area contributed by atoms with Crippen molar-refractivity contribution in [2.45, 2.75) is 39.7 Å². The number of rotatable bonds is 10. The van der Waals surface area contributed by atoms with E-state index in [1.165, 1.54) is 6.92 Å². The predicted octanol–water partition coefficient (Wildman–Crippen LogP) is 3.71. The Morgan fingerprint density at radius 3 is 2.30 bits per heavy atom. The van der Waals surface area contributed by atoms with Crippen LogP contribution in [0.2, 0.25) is 5.02 Å². The molecule has 2 aromatic rings. The maximum Gasteiger partial charge on any atom is 0.396 e. The topological polar surface area (TPSA) is 113 Å². The number of carboxylic acid groups (broad SMARTS) is 1. The van der Waals surface area contributed by atoms with Gasteiger partial charge in [0.05, 0.1) is 18.6 Å². The molecule has 0 heterocycles. The number of amides is 1. The molecule has 0 saturated heterocycles. The van der Waals surface area contributed by atoms with E-state index in [1.54, 1.807) is 6.07 Å². The minimum Gasteiger partial charge on any atom is -0.481 e. The Morgan fingerprint density at radius 1 is 1.09 bits per heavy atom. The highest BCUT2D eigenvalue weighted by Gasteiger charge is 2.36. The van der Waals surface area contributed by atoms with Crippen LogP contribution in [0.25, 0.3) is 11.1 Å². The van der Waals surface area contributed by atoms with E-state index in [4.69, 9.17) is 16.3 Å². The van der Waals surface area contributed by atoms with Crippen molar-refractivity contribution < 1.29 is 29.3 Å². The van der Waals surface area contributed by atoms with Crippen LogP contribution in [0.1, 0.15) is 32.8 Å². The molecule has 0 aliphatic rings. The van der Waals surface area contributed by atoms with Crippen molar-refractivity contribution in [3.63, 3.8) is 0 Å². The standard InChI is InChI=1S/C25H30ClNO6/c1-16(2)14-33-23(30)22(29)27-21(13-25(3,15-28)24(31)32)11-17-7-9-18(10-8-17)19-5-4-6-20(26)12-19/h4-10,12,16,21,28H,11,13-15H2,1-3H3,(H,27,29)(H,31,32)/t21-,25+/m1/s1. The number of aliphatic hydroxyl groups is 1. The Balaban J connectivity index is 2.19. The second kappa shape index (κ2) is 11.8. The molecule has 0 radical (unpaired) electrons. The highest BCUT2D eigenvalue weighted by atomic mass is 35.5. The molecular formula is C25H30ClNO6. The average molecular weight is 476 g/mol. The van der Waals surface area contributed by atoms with Gasteiger partial charge in [0.15, 0.2) is 0 Å². The molecule has 178 valence electrons. The number of carbonyl (C=O) groups excluding carboxylic acids is 2. The number of carboxylic acids is 1. The number of benzene rings is 2. The van der Waals surface area contributed by atoms with Crippen molar-refractivity contribution in [2.24, 2.45) is 11.3 Å². The van der Waals surface area contributed by atoms with Gasteiger partial charge in [0.1, 0.15) is 0 Å². The van der Waals surface area contributed by atoms with E-state index >= 15 is 0 Å². The van der Waals surface area contributed by atoms with Crippen molar-refractivity contribution in [2.75, 3.05) is 13.2 Å². The van der Waals surface area contributed by atoms with E-state index in [1.807, 2.05) is 56.3 Å². The summed E-state index contributed by atoms with van der Waals surface area (Å²) in [6, 6.07) is 14.3. The molecule has 3 N–H and O–H groups in total. The molecule has 0 fully saturated rings. The third kappa shape index (κ3) is 7.87. The number of ether oxygens (including phenoxy) is 1. The zero-order valence-electron chi connectivity index (χ0n) is 19.0. The summed E-state index contributed by atoms with van der Waals surface area (Å²) in [5, 5.41) is 22.4. The quantitative estimate of drug-likeness (QED) is 0.356. The van der Waals surface area contributed by atoms with E-state index in [9.17, 15) is 24.6 Å². The molecule has 0 aliphatic carbocycles. The van der Waals surface area contributed by atoms with Crippen molar-refractivity contribution >= 4 is 29.4 Å².